The van der Waals surface area contributed by atoms with Gasteiger partial charge in [-0.2, -0.15) is 5.10 Å². The summed E-state index contributed by atoms with van der Waals surface area (Å²) in [7, 11) is 1.59. The van der Waals surface area contributed by atoms with Gasteiger partial charge in [-0.25, -0.2) is 9.48 Å². The maximum atomic E-state index is 12.5. The number of amides is 2. The standard InChI is InChI=1S/C19H24N4O3/c1-13(18(24)25)12-22(2)19(26)20-17-11-15(10-14-8-9-14)21-23(17)16-6-4-3-5-7-16/h3-7,11,13-14H,8-10,12H2,1-2H3,(H,20,26)(H,24,25). The van der Waals surface area contributed by atoms with Gasteiger partial charge in [0.1, 0.15) is 5.82 Å². The van der Waals surface area contributed by atoms with Crippen LogP contribution in [0.25, 0.3) is 5.69 Å². The van der Waals surface area contributed by atoms with Gasteiger partial charge in [-0.3, -0.25) is 10.1 Å². The monoisotopic (exact) mass is 356 g/mol. The lowest BCUT2D eigenvalue weighted by atomic mass is 10.2. The summed E-state index contributed by atoms with van der Waals surface area (Å²) in [5, 5.41) is 16.5. The molecule has 1 saturated carbocycles. The van der Waals surface area contributed by atoms with Crippen LogP contribution in [-0.4, -0.2) is 45.4 Å². The number of para-hydroxylation sites is 1. The molecule has 1 unspecified atom stereocenters. The molecule has 0 aliphatic heterocycles. The molecule has 0 radical (unpaired) electrons. The first-order valence-electron chi connectivity index (χ1n) is 8.83. The molecule has 1 heterocycles. The summed E-state index contributed by atoms with van der Waals surface area (Å²) in [6, 6.07) is 11.2. The van der Waals surface area contributed by atoms with E-state index in [-0.39, 0.29) is 12.6 Å². The Kier molecular flexibility index (Phi) is 5.25. The average molecular weight is 356 g/mol. The van der Waals surface area contributed by atoms with Crippen LogP contribution < -0.4 is 5.32 Å². The van der Waals surface area contributed by atoms with Gasteiger partial charge >= 0.3 is 12.0 Å². The third-order valence-electron chi connectivity index (χ3n) is 4.51. The van der Waals surface area contributed by atoms with Crippen molar-refractivity contribution in [2.24, 2.45) is 11.8 Å². The predicted octanol–water partition coefficient (Wildman–Crippen LogP) is 3.01. The van der Waals surface area contributed by atoms with E-state index in [0.717, 1.165) is 17.8 Å². The molecule has 0 spiro atoms. The molecule has 1 aliphatic rings. The maximum Gasteiger partial charge on any atom is 0.322 e. The van der Waals surface area contributed by atoms with Crippen LogP contribution in [0.2, 0.25) is 0 Å². The molecule has 0 bridgehead atoms. The van der Waals surface area contributed by atoms with Crippen molar-refractivity contribution in [3.05, 3.63) is 42.1 Å². The Hall–Kier alpha value is -2.83. The molecule has 1 atom stereocenters. The molecule has 2 amide bonds. The number of rotatable bonds is 7. The highest BCUT2D eigenvalue weighted by Gasteiger charge is 2.24. The highest BCUT2D eigenvalue weighted by molar-refractivity contribution is 5.89. The molecule has 7 heteroatoms. The molecule has 1 aliphatic carbocycles. The number of carbonyl (C=O) groups is 2. The van der Waals surface area contributed by atoms with E-state index in [1.165, 1.54) is 17.7 Å². The van der Waals surface area contributed by atoms with Crippen LogP contribution in [-0.2, 0) is 11.2 Å². The predicted molar refractivity (Wildman–Crippen MR) is 98.4 cm³/mol. The molecule has 0 saturated heterocycles. The van der Waals surface area contributed by atoms with Crippen LogP contribution in [0.15, 0.2) is 36.4 Å². The summed E-state index contributed by atoms with van der Waals surface area (Å²) in [6.45, 7) is 1.71. The van der Waals surface area contributed by atoms with Gasteiger partial charge in [-0.1, -0.05) is 25.1 Å². The number of hydrogen-bond acceptors (Lipinski definition) is 3. The van der Waals surface area contributed by atoms with Gasteiger partial charge in [0, 0.05) is 19.7 Å². The van der Waals surface area contributed by atoms with Crippen molar-refractivity contribution in [2.45, 2.75) is 26.2 Å². The minimum Gasteiger partial charge on any atom is -0.481 e. The van der Waals surface area contributed by atoms with E-state index in [4.69, 9.17) is 5.11 Å². The summed E-state index contributed by atoms with van der Waals surface area (Å²) in [6.07, 6.45) is 3.37. The number of urea groups is 1. The SMILES string of the molecule is CC(CN(C)C(=O)Nc1cc(CC2CC2)nn1-c1ccccc1)C(=O)O. The molecule has 2 aromatic rings. The van der Waals surface area contributed by atoms with E-state index < -0.39 is 11.9 Å². The number of nitrogens with zero attached hydrogens (tertiary/aromatic N) is 3. The minimum atomic E-state index is -0.925. The lowest BCUT2D eigenvalue weighted by Crippen LogP contribution is -2.37. The minimum absolute atomic E-state index is 0.134. The zero-order valence-electron chi connectivity index (χ0n) is 15.1. The van der Waals surface area contributed by atoms with E-state index in [1.54, 1.807) is 18.7 Å². The van der Waals surface area contributed by atoms with Gasteiger partial charge in [-0.05, 0) is 37.3 Å². The van der Waals surface area contributed by atoms with E-state index in [9.17, 15) is 9.59 Å². The van der Waals surface area contributed by atoms with Gasteiger partial charge < -0.3 is 10.0 Å². The second kappa shape index (κ2) is 7.59. The molecule has 1 aromatic heterocycles. The van der Waals surface area contributed by atoms with Gasteiger partial charge in [0.25, 0.3) is 0 Å². The summed E-state index contributed by atoms with van der Waals surface area (Å²) in [5.41, 5.74) is 1.82. The van der Waals surface area contributed by atoms with Crippen molar-refractivity contribution < 1.29 is 14.7 Å². The average Bonchev–Trinajstić information content (AvgIpc) is 3.34. The van der Waals surface area contributed by atoms with Crippen molar-refractivity contribution in [3.63, 3.8) is 0 Å². The Morgan fingerprint density at radius 1 is 1.35 bits per heavy atom. The molecule has 26 heavy (non-hydrogen) atoms. The van der Waals surface area contributed by atoms with E-state index >= 15 is 0 Å². The highest BCUT2D eigenvalue weighted by atomic mass is 16.4. The molecule has 7 nitrogen and oxygen atoms in total. The summed E-state index contributed by atoms with van der Waals surface area (Å²) in [4.78, 5) is 24.8. The Morgan fingerprint density at radius 2 is 2.04 bits per heavy atom. The lowest BCUT2D eigenvalue weighted by molar-refractivity contribution is -0.141. The fourth-order valence-corrected chi connectivity index (χ4v) is 2.78. The Morgan fingerprint density at radius 3 is 2.65 bits per heavy atom. The number of aliphatic carboxylic acids is 1. The molecule has 138 valence electrons. The largest absolute Gasteiger partial charge is 0.481 e. The van der Waals surface area contributed by atoms with Crippen LogP contribution >= 0.6 is 0 Å². The van der Waals surface area contributed by atoms with Crippen LogP contribution in [0, 0.1) is 11.8 Å². The number of anilines is 1. The van der Waals surface area contributed by atoms with Crippen molar-refractivity contribution >= 4 is 17.8 Å². The van der Waals surface area contributed by atoms with Crippen LogP contribution in [0.3, 0.4) is 0 Å². The molecule has 2 N–H and O–H groups in total. The van der Waals surface area contributed by atoms with Crippen molar-refractivity contribution in [3.8, 4) is 5.69 Å². The van der Waals surface area contributed by atoms with Crippen LogP contribution in [0.4, 0.5) is 10.6 Å². The maximum absolute atomic E-state index is 12.5. The van der Waals surface area contributed by atoms with Gasteiger partial charge in [-0.15, -0.1) is 0 Å². The van der Waals surface area contributed by atoms with Gasteiger partial charge in [0.15, 0.2) is 0 Å². The second-order valence-electron chi connectivity index (χ2n) is 6.97. The Labute approximate surface area is 152 Å². The molecular weight excluding hydrogens is 332 g/mol. The first-order chi connectivity index (χ1) is 12.4. The fraction of sp³-hybridized carbons (Fsp3) is 0.421. The Balaban J connectivity index is 1.77. The summed E-state index contributed by atoms with van der Waals surface area (Å²) in [5.74, 6) is -0.274. The molecule has 3 rings (SSSR count). The normalized spacial score (nSPS) is 14.7. The number of aromatic nitrogens is 2. The number of carboxylic acid groups (broad SMARTS) is 1. The van der Waals surface area contributed by atoms with E-state index in [2.05, 4.69) is 10.4 Å². The van der Waals surface area contributed by atoms with E-state index in [1.807, 2.05) is 36.4 Å². The van der Waals surface area contributed by atoms with Gasteiger partial charge in [0.2, 0.25) is 0 Å². The molecular formula is C19H24N4O3. The van der Waals surface area contributed by atoms with Crippen molar-refractivity contribution in [1.82, 2.24) is 14.7 Å². The summed E-state index contributed by atoms with van der Waals surface area (Å²) < 4.78 is 1.73. The van der Waals surface area contributed by atoms with Gasteiger partial charge in [0.05, 0.1) is 17.3 Å². The van der Waals surface area contributed by atoms with Crippen molar-refractivity contribution in [2.75, 3.05) is 18.9 Å². The quantitative estimate of drug-likeness (QED) is 0.798. The third kappa shape index (κ3) is 4.41. The number of nitrogens with one attached hydrogen (secondary N) is 1. The third-order valence-corrected chi connectivity index (χ3v) is 4.51. The number of benzene rings is 1. The highest BCUT2D eigenvalue weighted by Crippen LogP contribution is 2.33. The smallest absolute Gasteiger partial charge is 0.322 e. The first kappa shape index (κ1) is 18.0. The number of carbonyl (C=O) groups excluding carboxylic acids is 1. The van der Waals surface area contributed by atoms with E-state index in [0.29, 0.717) is 11.7 Å². The molecule has 1 aromatic carbocycles. The zero-order chi connectivity index (χ0) is 18.7. The fourth-order valence-electron chi connectivity index (χ4n) is 2.78. The molecule has 1 fully saturated rings. The number of hydrogen-bond donors (Lipinski definition) is 2. The number of carboxylic acids is 1. The zero-order valence-corrected chi connectivity index (χ0v) is 15.1. The topological polar surface area (TPSA) is 87.5 Å². The lowest BCUT2D eigenvalue weighted by Gasteiger charge is -2.20. The van der Waals surface area contributed by atoms with Crippen LogP contribution in [0.5, 0.6) is 0 Å². The first-order valence-corrected chi connectivity index (χ1v) is 8.83. The summed E-state index contributed by atoms with van der Waals surface area (Å²) >= 11 is 0. The second-order valence-corrected chi connectivity index (χ2v) is 6.97. The Bertz CT molecular complexity index is 783. The van der Waals surface area contributed by atoms with Crippen LogP contribution in [0.1, 0.15) is 25.5 Å². The van der Waals surface area contributed by atoms with Crippen molar-refractivity contribution in [1.29, 1.82) is 0 Å².